The predicted octanol–water partition coefficient (Wildman–Crippen LogP) is 3.97. The zero-order chi connectivity index (χ0) is 10.5. The summed E-state index contributed by atoms with van der Waals surface area (Å²) in [6.07, 6.45) is 4.91. The number of hydrogen-bond donors (Lipinski definition) is 0. The Balaban J connectivity index is 0. The molecular weight excluding hydrogens is 218 g/mol. The summed E-state index contributed by atoms with van der Waals surface area (Å²) in [5, 5.41) is 0. The Morgan fingerprint density at radius 3 is 1.38 bits per heavy atom. The van der Waals surface area contributed by atoms with E-state index in [0.717, 1.165) is 13.2 Å². The summed E-state index contributed by atoms with van der Waals surface area (Å²) >= 11 is -0.479. The van der Waals surface area contributed by atoms with Crippen molar-refractivity contribution < 1.29 is 4.74 Å². The fourth-order valence-electron chi connectivity index (χ4n) is 0.595. The summed E-state index contributed by atoms with van der Waals surface area (Å²) in [5.74, 6) is 0. The average Bonchev–Trinajstić information content (AvgIpc) is 2.03. The van der Waals surface area contributed by atoms with Crippen LogP contribution in [0.25, 0.3) is 0 Å². The standard InChI is InChI=1S/C8H18O.3CH3.Ga/c1-3-5-7-9-8-6-4-2;;;;/h3-8H2,1-2H3;3*1H3;. The van der Waals surface area contributed by atoms with Gasteiger partial charge >= 0.3 is 32.7 Å². The van der Waals surface area contributed by atoms with E-state index >= 15 is 0 Å². The molecule has 0 amide bonds. The number of hydrogen-bond acceptors (Lipinski definition) is 1. The van der Waals surface area contributed by atoms with Crippen molar-refractivity contribution in [1.82, 2.24) is 0 Å². The van der Waals surface area contributed by atoms with E-state index in [9.17, 15) is 0 Å². The molecule has 0 heterocycles. The molecule has 80 valence electrons. The van der Waals surface area contributed by atoms with Crippen molar-refractivity contribution in [3.8, 4) is 0 Å². The monoisotopic (exact) mass is 244 g/mol. The minimum atomic E-state index is -0.479. The summed E-state index contributed by atoms with van der Waals surface area (Å²) in [4.78, 5) is 0. The van der Waals surface area contributed by atoms with Gasteiger partial charge in [-0.15, -0.1) is 0 Å². The summed E-state index contributed by atoms with van der Waals surface area (Å²) in [6, 6.07) is 0. The van der Waals surface area contributed by atoms with Gasteiger partial charge in [0.05, 0.1) is 0 Å². The second-order valence-corrected chi connectivity index (χ2v) is 11.3. The van der Waals surface area contributed by atoms with E-state index in [1.165, 1.54) is 25.7 Å². The molecule has 0 aliphatic heterocycles. The molecule has 0 fully saturated rings. The maximum atomic E-state index is 5.31. The first-order chi connectivity index (χ1) is 6.15. The normalized spacial score (nSPS) is 9.00. The van der Waals surface area contributed by atoms with Crippen LogP contribution in [0.1, 0.15) is 39.5 Å². The molecule has 0 aromatic carbocycles. The molecule has 0 radical (unpaired) electrons. The van der Waals surface area contributed by atoms with Crippen molar-refractivity contribution in [2.45, 2.75) is 56.0 Å². The molecule has 0 rings (SSSR count). The third-order valence-corrected chi connectivity index (χ3v) is 1.28. The molecule has 13 heavy (non-hydrogen) atoms. The Morgan fingerprint density at radius 1 is 0.846 bits per heavy atom. The number of rotatable bonds is 6. The average molecular weight is 245 g/mol. The van der Waals surface area contributed by atoms with E-state index in [-0.39, 0.29) is 0 Å². The number of unbranched alkanes of at least 4 members (excludes halogenated alkanes) is 2. The fourth-order valence-corrected chi connectivity index (χ4v) is 0.595. The summed E-state index contributed by atoms with van der Waals surface area (Å²) in [5.41, 5.74) is 7.06. The van der Waals surface area contributed by atoms with Crippen molar-refractivity contribution in [3.05, 3.63) is 0 Å². The molecule has 0 aromatic heterocycles. The molecule has 0 aliphatic carbocycles. The van der Waals surface area contributed by atoms with Gasteiger partial charge in [-0.05, 0) is 12.8 Å². The fraction of sp³-hybridized carbons (Fsp3) is 1.00. The molecule has 0 aliphatic rings. The molecule has 0 unspecified atom stereocenters. The van der Waals surface area contributed by atoms with Gasteiger partial charge < -0.3 is 4.74 Å². The maximum absolute atomic E-state index is 5.31. The van der Waals surface area contributed by atoms with E-state index in [1.54, 1.807) is 0 Å². The third-order valence-electron chi connectivity index (χ3n) is 1.28. The molecule has 0 bridgehead atoms. The van der Waals surface area contributed by atoms with Gasteiger partial charge in [0.25, 0.3) is 0 Å². The van der Waals surface area contributed by atoms with E-state index in [2.05, 4.69) is 30.3 Å². The van der Waals surface area contributed by atoms with Crippen molar-refractivity contribution in [3.63, 3.8) is 0 Å². The first-order valence-electron chi connectivity index (χ1n) is 5.72. The van der Waals surface area contributed by atoms with Crippen molar-refractivity contribution in [2.24, 2.45) is 0 Å². The molecule has 0 aromatic rings. The predicted molar refractivity (Wildman–Crippen MR) is 64.0 cm³/mol. The van der Waals surface area contributed by atoms with Crippen molar-refractivity contribution in [1.29, 1.82) is 0 Å². The Morgan fingerprint density at radius 2 is 1.15 bits per heavy atom. The van der Waals surface area contributed by atoms with Crippen LogP contribution in [0, 0.1) is 0 Å². The zero-order valence-electron chi connectivity index (χ0n) is 10.2. The summed E-state index contributed by atoms with van der Waals surface area (Å²) < 4.78 is 5.31. The van der Waals surface area contributed by atoms with Crippen LogP contribution in [0.3, 0.4) is 0 Å². The first kappa shape index (κ1) is 16.0. The van der Waals surface area contributed by atoms with Gasteiger partial charge in [0.15, 0.2) is 0 Å². The second-order valence-electron chi connectivity index (χ2n) is 4.05. The molecule has 0 saturated heterocycles. The molecular formula is C11H27GaO. The Hall–Kier alpha value is 0.596. The van der Waals surface area contributed by atoms with Crippen LogP contribution in [0.15, 0.2) is 0 Å². The second kappa shape index (κ2) is 15.1. The van der Waals surface area contributed by atoms with Gasteiger partial charge in [-0.3, -0.25) is 0 Å². The topological polar surface area (TPSA) is 9.23 Å². The van der Waals surface area contributed by atoms with Crippen LogP contribution in [-0.2, 0) is 4.74 Å². The van der Waals surface area contributed by atoms with E-state index < -0.39 is 16.2 Å². The van der Waals surface area contributed by atoms with Gasteiger partial charge in [0.2, 0.25) is 0 Å². The Kier molecular flexibility index (Phi) is 18.6. The van der Waals surface area contributed by atoms with Crippen LogP contribution in [0.2, 0.25) is 16.4 Å². The molecule has 1 nitrogen and oxygen atoms in total. The van der Waals surface area contributed by atoms with Gasteiger partial charge in [0, 0.05) is 13.2 Å². The van der Waals surface area contributed by atoms with Gasteiger partial charge in [-0.25, -0.2) is 0 Å². The molecule has 2 heteroatoms. The summed E-state index contributed by atoms with van der Waals surface area (Å²) in [7, 11) is 0. The van der Waals surface area contributed by atoms with Crippen LogP contribution >= 0.6 is 0 Å². The minimum absolute atomic E-state index is 0.479. The third kappa shape index (κ3) is 32.5. The van der Waals surface area contributed by atoms with Crippen molar-refractivity contribution in [2.75, 3.05) is 13.2 Å². The quantitative estimate of drug-likeness (QED) is 0.508. The van der Waals surface area contributed by atoms with Crippen LogP contribution in [0.5, 0.6) is 0 Å². The number of ether oxygens (including phenoxy) is 1. The first-order valence-corrected chi connectivity index (χ1v) is 13.0. The van der Waals surface area contributed by atoms with Crippen LogP contribution in [0.4, 0.5) is 0 Å². The van der Waals surface area contributed by atoms with Gasteiger partial charge in [0.1, 0.15) is 0 Å². The van der Waals surface area contributed by atoms with Gasteiger partial charge in [-0.1, -0.05) is 26.7 Å². The molecule has 0 saturated carbocycles. The molecule has 0 N–H and O–H groups in total. The van der Waals surface area contributed by atoms with E-state index in [1.807, 2.05) is 0 Å². The zero-order valence-corrected chi connectivity index (χ0v) is 12.7. The van der Waals surface area contributed by atoms with Crippen LogP contribution < -0.4 is 0 Å². The molecule has 0 atom stereocenters. The van der Waals surface area contributed by atoms with E-state index in [4.69, 9.17) is 4.74 Å². The van der Waals surface area contributed by atoms with Gasteiger partial charge in [-0.2, -0.15) is 0 Å². The van der Waals surface area contributed by atoms with Crippen molar-refractivity contribution >= 4 is 16.2 Å². The SMILES string of the molecule is CCCCOCCCC.[CH3][Ga]([CH3])[CH3]. The Labute approximate surface area is 90.3 Å². The molecule has 0 spiro atoms. The summed E-state index contributed by atoms with van der Waals surface area (Å²) in [6.45, 7) is 6.28. The Bertz CT molecular complexity index is 65.7. The van der Waals surface area contributed by atoms with Crippen LogP contribution in [-0.4, -0.2) is 29.4 Å². The van der Waals surface area contributed by atoms with E-state index in [0.29, 0.717) is 0 Å².